The molecule has 0 saturated carbocycles. The Morgan fingerprint density at radius 3 is 2.70 bits per heavy atom. The molecule has 3 aromatic rings. The highest BCUT2D eigenvalue weighted by Crippen LogP contribution is 2.23. The molecule has 12 heteroatoms. The third-order valence-electron chi connectivity index (χ3n) is 3.29. The van der Waals surface area contributed by atoms with Gasteiger partial charge in [-0.2, -0.15) is 17.7 Å². The summed E-state index contributed by atoms with van der Waals surface area (Å²) in [7, 11) is 0. The number of thioether (sulfide) groups is 1. The largest absolute Gasteiger partial charge is 0.405 e. The van der Waals surface area contributed by atoms with E-state index in [-0.39, 0.29) is 5.75 Å². The van der Waals surface area contributed by atoms with Gasteiger partial charge in [0.05, 0.1) is 11.3 Å². The molecule has 0 aliphatic rings. The number of carbonyl (C=O) groups excluding carboxylic acids is 2. The number of nitrogens with zero attached hydrogens (tertiary/aromatic N) is 4. The number of urea groups is 1. The number of aromatic nitrogens is 4. The van der Waals surface area contributed by atoms with Crippen LogP contribution in [0.3, 0.4) is 0 Å². The maximum Gasteiger partial charge on any atom is 0.405 e. The predicted octanol–water partition coefficient (Wildman–Crippen LogP) is 2.07. The summed E-state index contributed by atoms with van der Waals surface area (Å²) in [5.74, 6) is -0.482. The molecule has 142 valence electrons. The Morgan fingerprint density at radius 1 is 1.22 bits per heavy atom. The van der Waals surface area contributed by atoms with Gasteiger partial charge in [0.1, 0.15) is 12.4 Å². The molecule has 0 bridgehead atoms. The van der Waals surface area contributed by atoms with Gasteiger partial charge in [0.25, 0.3) is 0 Å². The average molecular weight is 398 g/mol. The number of benzene rings is 1. The van der Waals surface area contributed by atoms with Crippen molar-refractivity contribution in [2.45, 2.75) is 18.3 Å². The molecule has 2 aromatic heterocycles. The summed E-state index contributed by atoms with van der Waals surface area (Å²) in [5, 5.41) is 8.80. The monoisotopic (exact) mass is 398 g/mol. The number of fused-ring (bicyclic) bond motifs is 3. The van der Waals surface area contributed by atoms with E-state index in [9.17, 15) is 22.8 Å². The molecule has 0 fully saturated rings. The van der Waals surface area contributed by atoms with Gasteiger partial charge in [-0.3, -0.25) is 10.1 Å². The highest BCUT2D eigenvalue weighted by Gasteiger charge is 2.28. The van der Waals surface area contributed by atoms with Crippen LogP contribution >= 0.6 is 11.8 Å². The molecule has 1 aromatic carbocycles. The van der Waals surface area contributed by atoms with Crippen molar-refractivity contribution >= 4 is 40.3 Å². The quantitative estimate of drug-likeness (QED) is 0.515. The SMILES string of the molecule is Cc1nc2c3ccccc3nc(SCC(=O)NC(=O)NCC(F)(F)F)n2n1. The van der Waals surface area contributed by atoms with Gasteiger partial charge < -0.3 is 5.32 Å². The number of amides is 3. The van der Waals surface area contributed by atoms with Crippen LogP contribution in [-0.4, -0.2) is 50.0 Å². The summed E-state index contributed by atoms with van der Waals surface area (Å²) < 4.78 is 37.6. The number of para-hydroxylation sites is 1. The molecule has 0 saturated heterocycles. The maximum atomic E-state index is 12.0. The summed E-state index contributed by atoms with van der Waals surface area (Å²) >= 11 is 0.987. The highest BCUT2D eigenvalue weighted by atomic mass is 32.2. The molecule has 0 spiro atoms. The fourth-order valence-electron chi connectivity index (χ4n) is 2.24. The van der Waals surface area contributed by atoms with Crippen LogP contribution in [-0.2, 0) is 4.79 Å². The van der Waals surface area contributed by atoms with Gasteiger partial charge in [-0.1, -0.05) is 23.9 Å². The van der Waals surface area contributed by atoms with Gasteiger partial charge in [0.15, 0.2) is 10.8 Å². The fraction of sp³-hybridized carbons (Fsp3) is 0.267. The molecule has 3 amide bonds. The lowest BCUT2D eigenvalue weighted by Gasteiger charge is -2.09. The standard InChI is InChI=1S/C15H13F3N6O2S/c1-8-20-12-9-4-2-3-5-10(9)21-14(24(12)23-8)27-6-11(25)22-13(26)19-7-15(16,17)18/h2-5H,6-7H2,1H3,(H2,19,22,25,26). The minimum absolute atomic E-state index is 0.237. The molecule has 0 radical (unpaired) electrons. The second kappa shape index (κ2) is 7.39. The van der Waals surface area contributed by atoms with Crippen molar-refractivity contribution in [3.63, 3.8) is 0 Å². The van der Waals surface area contributed by atoms with E-state index in [0.717, 1.165) is 17.1 Å². The van der Waals surface area contributed by atoms with Crippen LogP contribution in [0.2, 0.25) is 0 Å². The number of hydrogen-bond donors (Lipinski definition) is 2. The summed E-state index contributed by atoms with van der Waals surface area (Å²) in [5.41, 5.74) is 1.23. The highest BCUT2D eigenvalue weighted by molar-refractivity contribution is 7.99. The number of carbonyl (C=O) groups is 2. The lowest BCUT2D eigenvalue weighted by atomic mass is 10.2. The predicted molar refractivity (Wildman–Crippen MR) is 91.3 cm³/mol. The van der Waals surface area contributed by atoms with E-state index in [1.54, 1.807) is 24.4 Å². The number of aryl methyl sites for hydroxylation is 1. The van der Waals surface area contributed by atoms with E-state index in [1.807, 2.05) is 17.4 Å². The lowest BCUT2D eigenvalue weighted by molar-refractivity contribution is -0.124. The van der Waals surface area contributed by atoms with Crippen molar-refractivity contribution in [2.75, 3.05) is 12.3 Å². The first-order chi connectivity index (χ1) is 12.7. The zero-order valence-electron chi connectivity index (χ0n) is 13.9. The van der Waals surface area contributed by atoms with Crippen LogP contribution in [0.25, 0.3) is 16.6 Å². The third kappa shape index (κ3) is 4.64. The van der Waals surface area contributed by atoms with E-state index in [2.05, 4.69) is 15.1 Å². The van der Waals surface area contributed by atoms with Crippen molar-refractivity contribution in [1.29, 1.82) is 0 Å². The molecule has 8 nitrogen and oxygen atoms in total. The first-order valence-corrected chi connectivity index (χ1v) is 8.61. The van der Waals surface area contributed by atoms with E-state index in [0.29, 0.717) is 22.1 Å². The molecule has 27 heavy (non-hydrogen) atoms. The van der Waals surface area contributed by atoms with Crippen LogP contribution in [0.1, 0.15) is 5.82 Å². The zero-order chi connectivity index (χ0) is 19.6. The topological polar surface area (TPSA) is 101 Å². The Hall–Kier alpha value is -2.89. The molecule has 2 heterocycles. The minimum Gasteiger partial charge on any atom is -0.329 e. The Labute approximate surface area is 154 Å². The second-order valence-electron chi connectivity index (χ2n) is 5.44. The maximum absolute atomic E-state index is 12.0. The molecular weight excluding hydrogens is 385 g/mol. The molecule has 0 aliphatic carbocycles. The van der Waals surface area contributed by atoms with Crippen LogP contribution in [0, 0.1) is 6.92 Å². The van der Waals surface area contributed by atoms with Crippen molar-refractivity contribution in [1.82, 2.24) is 30.2 Å². The molecule has 2 N–H and O–H groups in total. The first-order valence-electron chi connectivity index (χ1n) is 7.62. The average Bonchev–Trinajstić information content (AvgIpc) is 2.99. The lowest BCUT2D eigenvalue weighted by Crippen LogP contribution is -2.43. The van der Waals surface area contributed by atoms with Crippen LogP contribution in [0.15, 0.2) is 29.4 Å². The summed E-state index contributed by atoms with van der Waals surface area (Å²) in [6, 6.07) is 6.06. The number of imide groups is 1. The number of hydrogen-bond acceptors (Lipinski definition) is 6. The van der Waals surface area contributed by atoms with Gasteiger partial charge in [-0.15, -0.1) is 5.10 Å². The van der Waals surface area contributed by atoms with E-state index >= 15 is 0 Å². The van der Waals surface area contributed by atoms with E-state index < -0.39 is 24.7 Å². The van der Waals surface area contributed by atoms with Gasteiger partial charge >= 0.3 is 12.2 Å². The molecule has 0 atom stereocenters. The Morgan fingerprint density at radius 2 is 1.96 bits per heavy atom. The minimum atomic E-state index is -4.55. The smallest absolute Gasteiger partial charge is 0.329 e. The fourth-order valence-corrected chi connectivity index (χ4v) is 2.99. The molecule has 0 unspecified atom stereocenters. The van der Waals surface area contributed by atoms with Gasteiger partial charge in [-0.25, -0.2) is 14.8 Å². The molecular formula is C15H13F3N6O2S. The number of rotatable bonds is 4. The van der Waals surface area contributed by atoms with Crippen molar-refractivity contribution < 1.29 is 22.8 Å². The molecule has 0 aliphatic heterocycles. The van der Waals surface area contributed by atoms with Gasteiger partial charge in [0, 0.05) is 5.39 Å². The Kier molecular flexibility index (Phi) is 5.17. The van der Waals surface area contributed by atoms with E-state index in [4.69, 9.17) is 0 Å². The Bertz CT molecular complexity index is 1020. The number of halogens is 3. The number of nitrogens with one attached hydrogen (secondary N) is 2. The van der Waals surface area contributed by atoms with Gasteiger partial charge in [-0.05, 0) is 19.1 Å². The molecule has 3 rings (SSSR count). The van der Waals surface area contributed by atoms with Crippen molar-refractivity contribution in [3.8, 4) is 0 Å². The van der Waals surface area contributed by atoms with Gasteiger partial charge in [0.2, 0.25) is 5.91 Å². The van der Waals surface area contributed by atoms with Crippen molar-refractivity contribution in [2.24, 2.45) is 0 Å². The zero-order valence-corrected chi connectivity index (χ0v) is 14.7. The second-order valence-corrected chi connectivity index (χ2v) is 6.38. The Balaban J connectivity index is 1.71. The normalized spacial score (nSPS) is 11.7. The van der Waals surface area contributed by atoms with Crippen molar-refractivity contribution in [3.05, 3.63) is 30.1 Å². The summed E-state index contributed by atoms with van der Waals surface area (Å²) in [4.78, 5) is 31.9. The van der Waals surface area contributed by atoms with Crippen LogP contribution in [0.4, 0.5) is 18.0 Å². The van der Waals surface area contributed by atoms with Crippen LogP contribution in [0.5, 0.6) is 0 Å². The summed E-state index contributed by atoms with van der Waals surface area (Å²) in [6.07, 6.45) is -4.55. The first kappa shape index (κ1) is 18.9. The third-order valence-corrected chi connectivity index (χ3v) is 4.22. The summed E-state index contributed by atoms with van der Waals surface area (Å²) in [6.45, 7) is 0.193. The number of alkyl halides is 3. The van der Waals surface area contributed by atoms with Crippen LogP contribution < -0.4 is 10.6 Å². The van der Waals surface area contributed by atoms with E-state index in [1.165, 1.54) is 4.52 Å².